The number of aliphatic hydroxyl groups excluding tert-OH is 1. The maximum Gasteiger partial charge on any atom is 0.226 e. The van der Waals surface area contributed by atoms with Crippen LogP contribution in [0.3, 0.4) is 0 Å². The van der Waals surface area contributed by atoms with Gasteiger partial charge in [-0.25, -0.2) is 0 Å². The second kappa shape index (κ2) is 7.26. The van der Waals surface area contributed by atoms with Gasteiger partial charge in [0.2, 0.25) is 5.91 Å². The Labute approximate surface area is 153 Å². The van der Waals surface area contributed by atoms with Gasteiger partial charge in [0.05, 0.1) is 6.61 Å². The topological polar surface area (TPSA) is 53.4 Å². The minimum absolute atomic E-state index is 0.00373. The van der Waals surface area contributed by atoms with Crippen molar-refractivity contribution in [1.82, 2.24) is 9.88 Å². The first kappa shape index (κ1) is 16.7. The number of hydrogen-bond donors (Lipinski definition) is 1. The quantitative estimate of drug-likeness (QED) is 0.745. The van der Waals surface area contributed by atoms with Crippen LogP contribution >= 0.6 is 0 Å². The minimum Gasteiger partial charge on any atom is -0.395 e. The van der Waals surface area contributed by atoms with Gasteiger partial charge in [-0.05, 0) is 40.3 Å². The molecule has 1 fully saturated rings. The molecule has 0 spiro atoms. The number of amides is 1. The maximum atomic E-state index is 13.0. The molecule has 1 heterocycles. The van der Waals surface area contributed by atoms with E-state index >= 15 is 0 Å². The average molecular weight is 346 g/mol. The lowest BCUT2D eigenvalue weighted by molar-refractivity contribution is -0.133. The van der Waals surface area contributed by atoms with Crippen molar-refractivity contribution >= 4 is 16.7 Å². The summed E-state index contributed by atoms with van der Waals surface area (Å²) in [6.45, 7) is 0.816. The second-order valence-electron chi connectivity index (χ2n) is 6.86. The number of benzene rings is 2. The van der Waals surface area contributed by atoms with E-state index in [0.29, 0.717) is 13.1 Å². The van der Waals surface area contributed by atoms with Gasteiger partial charge in [-0.3, -0.25) is 9.78 Å². The lowest BCUT2D eigenvalue weighted by Gasteiger charge is -2.22. The molecule has 0 aliphatic heterocycles. The van der Waals surface area contributed by atoms with Gasteiger partial charge in [0.25, 0.3) is 0 Å². The molecule has 1 amide bonds. The third kappa shape index (κ3) is 3.33. The Morgan fingerprint density at radius 3 is 2.77 bits per heavy atom. The Hall–Kier alpha value is -2.72. The highest BCUT2D eigenvalue weighted by atomic mass is 16.3. The van der Waals surface area contributed by atoms with E-state index in [0.717, 1.165) is 12.0 Å². The first-order valence-corrected chi connectivity index (χ1v) is 9.04. The third-order valence-electron chi connectivity index (χ3n) is 5.11. The van der Waals surface area contributed by atoms with Crippen molar-refractivity contribution in [3.05, 3.63) is 78.1 Å². The fraction of sp³-hybridized carbons (Fsp3) is 0.273. The number of pyridine rings is 1. The summed E-state index contributed by atoms with van der Waals surface area (Å²) >= 11 is 0. The van der Waals surface area contributed by atoms with Crippen LogP contribution in [0.25, 0.3) is 10.8 Å². The molecule has 4 rings (SSSR count). The highest BCUT2D eigenvalue weighted by Crippen LogP contribution is 2.50. The van der Waals surface area contributed by atoms with E-state index in [4.69, 9.17) is 0 Å². The summed E-state index contributed by atoms with van der Waals surface area (Å²) in [5.41, 5.74) is 2.24. The number of carbonyl (C=O) groups is 1. The van der Waals surface area contributed by atoms with Crippen LogP contribution < -0.4 is 0 Å². The summed E-state index contributed by atoms with van der Waals surface area (Å²) in [7, 11) is 0. The number of rotatable bonds is 6. The Morgan fingerprint density at radius 2 is 1.96 bits per heavy atom. The molecular formula is C22H22N2O2. The lowest BCUT2D eigenvalue weighted by Crippen LogP contribution is -2.34. The van der Waals surface area contributed by atoms with Gasteiger partial charge >= 0.3 is 0 Å². The van der Waals surface area contributed by atoms with Crippen LogP contribution in [0.4, 0.5) is 0 Å². The van der Waals surface area contributed by atoms with Crippen molar-refractivity contribution in [2.24, 2.45) is 5.92 Å². The number of aliphatic hydroxyl groups is 1. The zero-order chi connectivity index (χ0) is 17.9. The molecule has 4 nitrogen and oxygen atoms in total. The predicted molar refractivity (Wildman–Crippen MR) is 102 cm³/mol. The van der Waals surface area contributed by atoms with Crippen LogP contribution in [0, 0.1) is 5.92 Å². The van der Waals surface area contributed by atoms with Gasteiger partial charge in [-0.2, -0.15) is 0 Å². The molecule has 0 bridgehead atoms. The highest BCUT2D eigenvalue weighted by molar-refractivity contribution is 5.89. The van der Waals surface area contributed by atoms with Gasteiger partial charge in [0, 0.05) is 31.4 Å². The number of hydrogen-bond acceptors (Lipinski definition) is 3. The van der Waals surface area contributed by atoms with Crippen LogP contribution in [-0.2, 0) is 11.3 Å². The summed E-state index contributed by atoms with van der Waals surface area (Å²) in [5.74, 6) is 0.397. The minimum atomic E-state index is -0.0301. The van der Waals surface area contributed by atoms with Crippen LogP contribution in [0.1, 0.15) is 23.5 Å². The monoisotopic (exact) mass is 346 g/mol. The number of aromatic nitrogens is 1. The fourth-order valence-corrected chi connectivity index (χ4v) is 3.72. The van der Waals surface area contributed by atoms with E-state index in [-0.39, 0.29) is 24.3 Å². The van der Waals surface area contributed by atoms with Crippen LogP contribution in [0.5, 0.6) is 0 Å². The number of carbonyl (C=O) groups excluding carboxylic acids is 1. The molecule has 132 valence electrons. The maximum absolute atomic E-state index is 13.0. The van der Waals surface area contributed by atoms with Gasteiger partial charge in [0.1, 0.15) is 0 Å². The fourth-order valence-electron chi connectivity index (χ4n) is 3.72. The summed E-state index contributed by atoms with van der Waals surface area (Å²) < 4.78 is 0. The van der Waals surface area contributed by atoms with Crippen molar-refractivity contribution in [2.45, 2.75) is 18.9 Å². The molecule has 2 atom stereocenters. The summed E-state index contributed by atoms with van der Waals surface area (Å²) in [6, 6.07) is 18.5. The van der Waals surface area contributed by atoms with Gasteiger partial charge in [-0.1, -0.05) is 48.5 Å². The summed E-state index contributed by atoms with van der Waals surface area (Å²) in [5, 5.41) is 11.8. The molecule has 1 aliphatic carbocycles. The molecule has 0 saturated heterocycles. The number of fused-ring (bicyclic) bond motifs is 1. The first-order valence-electron chi connectivity index (χ1n) is 9.04. The normalized spacial score (nSPS) is 18.7. The molecule has 2 aromatic carbocycles. The van der Waals surface area contributed by atoms with E-state index in [1.807, 2.05) is 24.3 Å². The average Bonchev–Trinajstić information content (AvgIpc) is 3.48. The molecule has 0 radical (unpaired) electrons. The Morgan fingerprint density at radius 1 is 1.12 bits per heavy atom. The molecule has 2 unspecified atom stereocenters. The van der Waals surface area contributed by atoms with Crippen LogP contribution in [-0.4, -0.2) is 34.0 Å². The van der Waals surface area contributed by atoms with E-state index in [1.165, 1.54) is 16.3 Å². The molecule has 1 aliphatic rings. The van der Waals surface area contributed by atoms with E-state index < -0.39 is 0 Å². The van der Waals surface area contributed by atoms with E-state index in [1.54, 1.807) is 17.3 Å². The van der Waals surface area contributed by atoms with Crippen LogP contribution in [0.15, 0.2) is 67.0 Å². The van der Waals surface area contributed by atoms with Crippen molar-refractivity contribution in [3.63, 3.8) is 0 Å². The largest absolute Gasteiger partial charge is 0.395 e. The number of nitrogens with zero attached hydrogens (tertiary/aromatic N) is 2. The Balaban J connectivity index is 1.53. The lowest BCUT2D eigenvalue weighted by atomic mass is 10.00. The van der Waals surface area contributed by atoms with E-state index in [9.17, 15) is 9.90 Å². The van der Waals surface area contributed by atoms with Gasteiger partial charge < -0.3 is 10.0 Å². The van der Waals surface area contributed by atoms with Crippen molar-refractivity contribution in [1.29, 1.82) is 0 Å². The van der Waals surface area contributed by atoms with Gasteiger partial charge in [0.15, 0.2) is 0 Å². The standard InChI is InChI=1S/C22H22N2O2/c25-12-11-24(15-16-5-4-10-23-14-16)22(26)21-13-20(21)19-9-3-7-17-6-1-2-8-18(17)19/h1-10,14,20-21,25H,11-13,15H2. The Kier molecular flexibility index (Phi) is 4.67. The molecule has 26 heavy (non-hydrogen) atoms. The van der Waals surface area contributed by atoms with Crippen molar-refractivity contribution in [3.8, 4) is 0 Å². The van der Waals surface area contributed by atoms with E-state index in [2.05, 4.69) is 35.3 Å². The molecular weight excluding hydrogens is 324 g/mol. The van der Waals surface area contributed by atoms with Crippen molar-refractivity contribution < 1.29 is 9.90 Å². The van der Waals surface area contributed by atoms with Crippen LogP contribution in [0.2, 0.25) is 0 Å². The molecule has 3 aromatic rings. The van der Waals surface area contributed by atoms with Crippen molar-refractivity contribution in [2.75, 3.05) is 13.2 Å². The zero-order valence-electron chi connectivity index (χ0n) is 14.6. The molecule has 1 N–H and O–H groups in total. The molecule has 1 aromatic heterocycles. The third-order valence-corrected chi connectivity index (χ3v) is 5.11. The summed E-state index contributed by atoms with van der Waals surface area (Å²) in [4.78, 5) is 18.9. The second-order valence-corrected chi connectivity index (χ2v) is 6.86. The first-order chi connectivity index (χ1) is 12.8. The SMILES string of the molecule is O=C(C1CC1c1cccc2ccccc12)N(CCO)Cc1cccnc1. The molecule has 1 saturated carbocycles. The zero-order valence-corrected chi connectivity index (χ0v) is 14.6. The molecule has 4 heteroatoms. The Bertz CT molecular complexity index is 905. The smallest absolute Gasteiger partial charge is 0.226 e. The highest BCUT2D eigenvalue weighted by Gasteiger charge is 2.46. The predicted octanol–water partition coefficient (Wildman–Crippen LogP) is 3.36. The summed E-state index contributed by atoms with van der Waals surface area (Å²) in [6.07, 6.45) is 4.37. The van der Waals surface area contributed by atoms with Gasteiger partial charge in [-0.15, -0.1) is 0 Å².